The summed E-state index contributed by atoms with van der Waals surface area (Å²) in [4.78, 5) is 15.2. The van der Waals surface area contributed by atoms with Crippen LogP contribution in [0.3, 0.4) is 0 Å². The molecule has 1 aliphatic rings. The van der Waals surface area contributed by atoms with Crippen LogP contribution in [-0.4, -0.2) is 23.2 Å². The van der Waals surface area contributed by atoms with E-state index in [0.717, 1.165) is 28.3 Å². The van der Waals surface area contributed by atoms with E-state index in [0.29, 0.717) is 5.69 Å². The molecule has 2 heterocycles. The zero-order valence-corrected chi connectivity index (χ0v) is 16.0. The number of hydrogen-bond acceptors (Lipinski definition) is 3. The zero-order chi connectivity index (χ0) is 19.2. The van der Waals surface area contributed by atoms with Crippen LogP contribution in [-0.2, 0) is 5.41 Å². The summed E-state index contributed by atoms with van der Waals surface area (Å²) in [5.41, 5.74) is 3.99. The average molecular weight is 361 g/mol. The molecule has 1 amide bonds. The number of amides is 1. The number of hydrogen-bond donors (Lipinski definition) is 1. The fourth-order valence-corrected chi connectivity index (χ4v) is 3.76. The van der Waals surface area contributed by atoms with Gasteiger partial charge in [-0.3, -0.25) is 14.8 Å². The molecule has 3 aromatic rings. The lowest BCUT2D eigenvalue weighted by molar-refractivity contribution is 0.0988. The van der Waals surface area contributed by atoms with Crippen molar-refractivity contribution in [1.82, 2.24) is 10.2 Å². The Balaban J connectivity index is 1.99. The topological polar surface area (TPSA) is 58.2 Å². The Bertz CT molecular complexity index is 986. The summed E-state index contributed by atoms with van der Waals surface area (Å²) in [7, 11) is 1.66. The second kappa shape index (κ2) is 6.27. The van der Waals surface area contributed by atoms with Gasteiger partial charge in [0.15, 0.2) is 0 Å². The van der Waals surface area contributed by atoms with Crippen LogP contribution in [0.25, 0.3) is 0 Å². The van der Waals surface area contributed by atoms with Gasteiger partial charge in [-0.15, -0.1) is 0 Å². The van der Waals surface area contributed by atoms with Crippen LogP contribution in [0.5, 0.6) is 5.75 Å². The van der Waals surface area contributed by atoms with Crippen LogP contribution in [0.1, 0.15) is 54.1 Å². The summed E-state index contributed by atoms with van der Waals surface area (Å²) in [5, 5.41) is 7.50. The quantitative estimate of drug-likeness (QED) is 0.749. The number of nitrogens with zero attached hydrogens (tertiary/aromatic N) is 2. The highest BCUT2D eigenvalue weighted by Crippen LogP contribution is 2.46. The van der Waals surface area contributed by atoms with Gasteiger partial charge in [-0.2, -0.15) is 5.10 Å². The van der Waals surface area contributed by atoms with E-state index in [1.807, 2.05) is 59.5 Å². The normalized spacial score (nSPS) is 16.5. The third-order valence-electron chi connectivity index (χ3n) is 4.95. The molecule has 0 aliphatic carbocycles. The first kappa shape index (κ1) is 17.3. The number of H-pyrrole nitrogens is 1. The number of methoxy groups -OCH3 is 1. The van der Waals surface area contributed by atoms with E-state index in [1.54, 1.807) is 7.11 Å². The fraction of sp³-hybridized carbons (Fsp3) is 0.273. The molecule has 0 radical (unpaired) electrons. The first-order chi connectivity index (χ1) is 12.9. The minimum atomic E-state index is -0.293. The van der Waals surface area contributed by atoms with E-state index in [9.17, 15) is 4.79 Å². The number of rotatable bonds is 3. The highest BCUT2D eigenvalue weighted by molar-refractivity contribution is 6.10. The molecule has 4 rings (SSSR count). The third kappa shape index (κ3) is 2.70. The molecule has 0 spiro atoms. The Kier molecular flexibility index (Phi) is 4.02. The van der Waals surface area contributed by atoms with E-state index in [2.05, 4.69) is 31.0 Å². The molecule has 1 aromatic heterocycles. The van der Waals surface area contributed by atoms with Gasteiger partial charge < -0.3 is 4.74 Å². The Hall–Kier alpha value is -3.08. The van der Waals surface area contributed by atoms with Gasteiger partial charge in [0.05, 0.1) is 18.8 Å². The van der Waals surface area contributed by atoms with Crippen LogP contribution < -0.4 is 9.64 Å². The maximum atomic E-state index is 13.3. The number of benzene rings is 2. The first-order valence-electron chi connectivity index (χ1n) is 9.03. The number of anilines is 1. The Morgan fingerprint density at radius 1 is 1.04 bits per heavy atom. The summed E-state index contributed by atoms with van der Waals surface area (Å²) >= 11 is 0. The van der Waals surface area contributed by atoms with Gasteiger partial charge in [0.25, 0.3) is 5.91 Å². The molecular weight excluding hydrogens is 338 g/mol. The molecule has 0 bridgehead atoms. The first-order valence-corrected chi connectivity index (χ1v) is 9.03. The van der Waals surface area contributed by atoms with Crippen molar-refractivity contribution < 1.29 is 9.53 Å². The molecule has 5 nitrogen and oxygen atoms in total. The van der Waals surface area contributed by atoms with Crippen LogP contribution in [0.4, 0.5) is 5.69 Å². The minimum Gasteiger partial charge on any atom is -0.496 e. The lowest BCUT2D eigenvalue weighted by Gasteiger charge is -2.29. The van der Waals surface area contributed by atoms with Crippen molar-refractivity contribution >= 4 is 11.6 Å². The van der Waals surface area contributed by atoms with Crippen LogP contribution in [0, 0.1) is 0 Å². The number of nitrogens with one attached hydrogen (secondary N) is 1. The van der Waals surface area contributed by atoms with Crippen molar-refractivity contribution in [3.63, 3.8) is 0 Å². The average Bonchev–Trinajstić information content (AvgIpc) is 3.21. The van der Waals surface area contributed by atoms with E-state index >= 15 is 0 Å². The lowest BCUT2D eigenvalue weighted by atomic mass is 9.85. The van der Waals surface area contributed by atoms with Crippen LogP contribution >= 0.6 is 0 Å². The van der Waals surface area contributed by atoms with Gasteiger partial charge in [-0.25, -0.2) is 0 Å². The third-order valence-corrected chi connectivity index (χ3v) is 4.95. The van der Waals surface area contributed by atoms with Crippen molar-refractivity contribution in [3.05, 3.63) is 77.1 Å². The van der Waals surface area contributed by atoms with E-state index in [-0.39, 0.29) is 17.4 Å². The smallest absolute Gasteiger partial charge is 0.277 e. The van der Waals surface area contributed by atoms with Gasteiger partial charge in [0.1, 0.15) is 11.4 Å². The monoisotopic (exact) mass is 361 g/mol. The highest BCUT2D eigenvalue weighted by atomic mass is 16.5. The summed E-state index contributed by atoms with van der Waals surface area (Å²) in [6, 6.07) is 17.3. The maximum Gasteiger partial charge on any atom is 0.277 e. The van der Waals surface area contributed by atoms with Crippen molar-refractivity contribution in [2.75, 3.05) is 12.0 Å². The minimum absolute atomic E-state index is 0.0740. The number of aromatic amines is 1. The number of fused-ring (bicyclic) bond motifs is 1. The molecule has 2 aromatic carbocycles. The number of aromatic nitrogens is 2. The van der Waals surface area contributed by atoms with Crippen LogP contribution in [0.2, 0.25) is 0 Å². The van der Waals surface area contributed by atoms with Crippen molar-refractivity contribution in [1.29, 1.82) is 0 Å². The zero-order valence-electron chi connectivity index (χ0n) is 16.0. The molecule has 0 fully saturated rings. The second-order valence-corrected chi connectivity index (χ2v) is 7.77. The van der Waals surface area contributed by atoms with E-state index in [1.165, 1.54) is 0 Å². The highest BCUT2D eigenvalue weighted by Gasteiger charge is 2.45. The summed E-state index contributed by atoms with van der Waals surface area (Å²) in [5.74, 6) is 0.681. The molecule has 1 N–H and O–H groups in total. The molecule has 5 heteroatoms. The van der Waals surface area contributed by atoms with E-state index < -0.39 is 0 Å². The van der Waals surface area contributed by atoms with Gasteiger partial charge in [0, 0.05) is 22.2 Å². The molecule has 1 unspecified atom stereocenters. The summed E-state index contributed by atoms with van der Waals surface area (Å²) < 4.78 is 5.63. The second-order valence-electron chi connectivity index (χ2n) is 7.77. The predicted octanol–water partition coefficient (Wildman–Crippen LogP) is 4.47. The van der Waals surface area contributed by atoms with Gasteiger partial charge in [-0.05, 0) is 18.2 Å². The number of ether oxygens (including phenoxy) is 1. The number of carbonyl (C=O) groups is 1. The molecular formula is C22H23N3O2. The van der Waals surface area contributed by atoms with E-state index in [4.69, 9.17) is 4.74 Å². The molecule has 138 valence electrons. The lowest BCUT2D eigenvalue weighted by Crippen LogP contribution is -2.30. The standard InChI is InChI=1S/C22H23N3O2/c1-22(2,3)20-17-18(23-24-20)21(26)25(14-10-6-5-7-11-14)19(17)15-12-8-9-13-16(15)27-4/h5-13,19H,1-4H3,(H,23,24). The Morgan fingerprint density at radius 2 is 1.70 bits per heavy atom. The molecule has 1 aliphatic heterocycles. The Labute approximate surface area is 159 Å². The predicted molar refractivity (Wildman–Crippen MR) is 105 cm³/mol. The summed E-state index contributed by atoms with van der Waals surface area (Å²) in [6.07, 6.45) is 0. The van der Waals surface area contributed by atoms with Crippen molar-refractivity contribution in [2.24, 2.45) is 0 Å². The van der Waals surface area contributed by atoms with Crippen molar-refractivity contribution in [3.8, 4) is 5.75 Å². The van der Waals surface area contributed by atoms with Crippen LogP contribution in [0.15, 0.2) is 54.6 Å². The summed E-state index contributed by atoms with van der Waals surface area (Å²) in [6.45, 7) is 6.33. The van der Waals surface area contributed by atoms with Gasteiger partial charge >= 0.3 is 0 Å². The molecule has 0 saturated carbocycles. The maximum absolute atomic E-state index is 13.3. The van der Waals surface area contributed by atoms with Crippen molar-refractivity contribution in [2.45, 2.75) is 32.2 Å². The SMILES string of the molecule is COc1ccccc1C1c2c(C(C)(C)C)n[nH]c2C(=O)N1c1ccccc1. The largest absolute Gasteiger partial charge is 0.496 e. The fourth-order valence-electron chi connectivity index (χ4n) is 3.76. The molecule has 1 atom stereocenters. The number of carbonyl (C=O) groups excluding carboxylic acids is 1. The number of para-hydroxylation sites is 2. The van der Waals surface area contributed by atoms with Gasteiger partial charge in [-0.1, -0.05) is 57.2 Å². The van der Waals surface area contributed by atoms with Gasteiger partial charge in [0.2, 0.25) is 0 Å². The molecule has 0 saturated heterocycles. The molecule has 27 heavy (non-hydrogen) atoms. The Morgan fingerprint density at radius 3 is 2.37 bits per heavy atom.